The molecule has 1 aliphatic rings. The molecule has 0 fully saturated rings. The average Bonchev–Trinajstić information content (AvgIpc) is 2.67. The minimum absolute atomic E-state index is 0.548. The van der Waals surface area contributed by atoms with Gasteiger partial charge in [-0.15, -0.1) is 0 Å². The predicted molar refractivity (Wildman–Crippen MR) is 106 cm³/mol. The van der Waals surface area contributed by atoms with E-state index in [9.17, 15) is 0 Å². The van der Waals surface area contributed by atoms with E-state index < -0.39 is 0 Å². The Labute approximate surface area is 152 Å². The Bertz CT molecular complexity index is 954. The molecule has 0 spiro atoms. The fraction of sp³-hybridized carbons (Fsp3) is 0.0435. The summed E-state index contributed by atoms with van der Waals surface area (Å²) in [4.78, 5) is 2.49. The molecular formula is C23H18OS. The van der Waals surface area contributed by atoms with Gasteiger partial charge in [0.2, 0.25) is 0 Å². The van der Waals surface area contributed by atoms with Gasteiger partial charge in [-0.1, -0.05) is 73.5 Å². The van der Waals surface area contributed by atoms with Crippen LogP contribution in [0, 0.1) is 0 Å². The summed E-state index contributed by atoms with van der Waals surface area (Å²) in [6, 6.07) is 22.9. The summed E-state index contributed by atoms with van der Waals surface area (Å²) in [6.45, 7) is 8.62. The highest BCUT2D eigenvalue weighted by atomic mass is 32.2. The standard InChI is InChI=1S/C23H18OS/c1-3-17-8-10-18(11-9-17)15-24-19-12-13-23-21(14-19)16(2)20-6-4-5-7-22(20)25-23/h3-14H,1-2,15H2. The topological polar surface area (TPSA) is 9.23 Å². The Hall–Kier alpha value is -2.71. The molecule has 25 heavy (non-hydrogen) atoms. The molecule has 122 valence electrons. The Balaban J connectivity index is 1.54. The third-order valence-corrected chi connectivity index (χ3v) is 5.48. The summed E-state index contributed by atoms with van der Waals surface area (Å²) in [5.41, 5.74) is 5.68. The normalized spacial score (nSPS) is 12.2. The van der Waals surface area contributed by atoms with Gasteiger partial charge in [-0.05, 0) is 52.1 Å². The van der Waals surface area contributed by atoms with Crippen molar-refractivity contribution in [2.45, 2.75) is 16.4 Å². The molecule has 1 nitrogen and oxygen atoms in total. The highest BCUT2D eigenvalue weighted by molar-refractivity contribution is 7.99. The van der Waals surface area contributed by atoms with E-state index in [1.165, 1.54) is 15.4 Å². The lowest BCUT2D eigenvalue weighted by Gasteiger charge is -2.21. The van der Waals surface area contributed by atoms with Crippen LogP contribution in [0.1, 0.15) is 22.3 Å². The number of benzene rings is 3. The first-order valence-corrected chi connectivity index (χ1v) is 9.01. The molecule has 2 heteroatoms. The van der Waals surface area contributed by atoms with Crippen LogP contribution >= 0.6 is 11.8 Å². The molecule has 0 N–H and O–H groups in total. The molecule has 1 heterocycles. The second-order valence-electron chi connectivity index (χ2n) is 5.97. The van der Waals surface area contributed by atoms with Gasteiger partial charge in [-0.25, -0.2) is 0 Å². The van der Waals surface area contributed by atoms with Crippen LogP contribution in [0.2, 0.25) is 0 Å². The molecule has 3 aromatic carbocycles. The van der Waals surface area contributed by atoms with Gasteiger partial charge in [0.25, 0.3) is 0 Å². The number of ether oxygens (including phenoxy) is 1. The number of hydrogen-bond donors (Lipinski definition) is 0. The van der Waals surface area contributed by atoms with Crippen LogP contribution in [0.4, 0.5) is 0 Å². The summed E-state index contributed by atoms with van der Waals surface area (Å²) < 4.78 is 5.99. The second-order valence-corrected chi connectivity index (χ2v) is 7.05. The SMILES string of the molecule is C=Cc1ccc(COc2ccc3c(c2)C(=C)c2ccccc2S3)cc1. The van der Waals surface area contributed by atoms with E-state index in [4.69, 9.17) is 4.74 Å². The molecule has 0 aliphatic carbocycles. The average molecular weight is 342 g/mol. The lowest BCUT2D eigenvalue weighted by Crippen LogP contribution is -2.00. The van der Waals surface area contributed by atoms with Crippen molar-refractivity contribution in [1.82, 2.24) is 0 Å². The summed E-state index contributed by atoms with van der Waals surface area (Å²) in [6.07, 6.45) is 1.84. The van der Waals surface area contributed by atoms with Crippen molar-refractivity contribution in [2.75, 3.05) is 0 Å². The molecule has 0 unspecified atom stereocenters. The first kappa shape index (κ1) is 15.8. The van der Waals surface area contributed by atoms with Crippen LogP contribution in [0.15, 0.2) is 89.7 Å². The lowest BCUT2D eigenvalue weighted by atomic mass is 9.98. The van der Waals surface area contributed by atoms with Gasteiger partial charge in [-0.2, -0.15) is 0 Å². The fourth-order valence-corrected chi connectivity index (χ4v) is 4.02. The summed E-state index contributed by atoms with van der Waals surface area (Å²) in [5.74, 6) is 0.868. The molecule has 0 amide bonds. The Morgan fingerprint density at radius 1 is 0.880 bits per heavy atom. The third kappa shape index (κ3) is 3.13. The van der Waals surface area contributed by atoms with Gasteiger partial charge in [0, 0.05) is 9.79 Å². The maximum Gasteiger partial charge on any atom is 0.120 e. The van der Waals surface area contributed by atoms with E-state index in [0.29, 0.717) is 6.61 Å². The molecule has 0 saturated heterocycles. The molecule has 3 aromatic rings. The largest absolute Gasteiger partial charge is 0.489 e. The summed E-state index contributed by atoms with van der Waals surface area (Å²) in [7, 11) is 0. The maximum atomic E-state index is 5.99. The number of rotatable bonds is 4. The zero-order valence-electron chi connectivity index (χ0n) is 13.9. The first-order chi connectivity index (χ1) is 12.2. The Morgan fingerprint density at radius 2 is 1.64 bits per heavy atom. The van der Waals surface area contributed by atoms with Gasteiger partial charge < -0.3 is 4.74 Å². The minimum Gasteiger partial charge on any atom is -0.489 e. The molecule has 0 aromatic heterocycles. The van der Waals surface area contributed by atoms with Crippen LogP contribution in [-0.2, 0) is 6.61 Å². The smallest absolute Gasteiger partial charge is 0.120 e. The van der Waals surface area contributed by atoms with E-state index in [-0.39, 0.29) is 0 Å². The van der Waals surface area contributed by atoms with E-state index in [1.807, 2.05) is 24.3 Å². The minimum atomic E-state index is 0.548. The molecule has 1 aliphatic heterocycles. The number of fused-ring (bicyclic) bond motifs is 2. The molecule has 0 bridgehead atoms. The highest BCUT2D eigenvalue weighted by Crippen LogP contribution is 2.45. The molecule has 0 saturated carbocycles. The van der Waals surface area contributed by atoms with Crippen LogP contribution < -0.4 is 4.74 Å². The van der Waals surface area contributed by atoms with Gasteiger partial charge in [0.1, 0.15) is 12.4 Å². The monoisotopic (exact) mass is 342 g/mol. The maximum absolute atomic E-state index is 5.99. The van der Waals surface area contributed by atoms with E-state index >= 15 is 0 Å². The quantitative estimate of drug-likeness (QED) is 0.422. The first-order valence-electron chi connectivity index (χ1n) is 8.19. The van der Waals surface area contributed by atoms with Crippen LogP contribution in [0.5, 0.6) is 5.75 Å². The van der Waals surface area contributed by atoms with Crippen LogP contribution in [0.25, 0.3) is 11.6 Å². The molecular weight excluding hydrogens is 324 g/mol. The molecule has 0 radical (unpaired) electrons. The Kier molecular flexibility index (Phi) is 4.21. The van der Waals surface area contributed by atoms with Crippen LogP contribution in [0.3, 0.4) is 0 Å². The van der Waals surface area contributed by atoms with Gasteiger partial charge in [0.05, 0.1) is 0 Å². The highest BCUT2D eigenvalue weighted by Gasteiger charge is 2.19. The van der Waals surface area contributed by atoms with Gasteiger partial charge >= 0.3 is 0 Å². The van der Waals surface area contributed by atoms with Crippen molar-refractivity contribution in [3.05, 3.63) is 102 Å². The third-order valence-electron chi connectivity index (χ3n) is 4.33. The van der Waals surface area contributed by atoms with Crippen molar-refractivity contribution in [3.8, 4) is 5.75 Å². The van der Waals surface area contributed by atoms with Crippen molar-refractivity contribution in [2.24, 2.45) is 0 Å². The summed E-state index contributed by atoms with van der Waals surface area (Å²) in [5, 5.41) is 0. The second kappa shape index (κ2) is 6.66. The summed E-state index contributed by atoms with van der Waals surface area (Å²) >= 11 is 1.79. The number of hydrogen-bond acceptors (Lipinski definition) is 2. The molecule has 4 rings (SSSR count). The zero-order valence-corrected chi connectivity index (χ0v) is 14.7. The van der Waals surface area contributed by atoms with Crippen molar-refractivity contribution >= 4 is 23.4 Å². The Morgan fingerprint density at radius 3 is 2.44 bits per heavy atom. The van der Waals surface area contributed by atoms with E-state index in [0.717, 1.165) is 28.0 Å². The van der Waals surface area contributed by atoms with Crippen LogP contribution in [-0.4, -0.2) is 0 Å². The van der Waals surface area contributed by atoms with Gasteiger partial charge in [-0.3, -0.25) is 0 Å². The lowest BCUT2D eigenvalue weighted by molar-refractivity contribution is 0.306. The van der Waals surface area contributed by atoms with E-state index in [2.05, 4.69) is 61.7 Å². The van der Waals surface area contributed by atoms with Gasteiger partial charge in [0.15, 0.2) is 0 Å². The molecule has 0 atom stereocenters. The van der Waals surface area contributed by atoms with E-state index in [1.54, 1.807) is 11.8 Å². The van der Waals surface area contributed by atoms with Crippen molar-refractivity contribution < 1.29 is 4.74 Å². The zero-order chi connectivity index (χ0) is 17.2. The van der Waals surface area contributed by atoms with Crippen molar-refractivity contribution in [3.63, 3.8) is 0 Å². The fourth-order valence-electron chi connectivity index (χ4n) is 2.91. The van der Waals surface area contributed by atoms with Crippen molar-refractivity contribution in [1.29, 1.82) is 0 Å². The predicted octanol–water partition coefficient (Wildman–Crippen LogP) is 6.43.